The van der Waals surface area contributed by atoms with Crippen molar-refractivity contribution in [1.82, 2.24) is 24.3 Å². The Morgan fingerprint density at radius 2 is 1.88 bits per heavy atom. The number of piperidine rings is 1. The number of nitrogens with zero attached hydrogens (tertiary/aromatic N) is 5. The van der Waals surface area contributed by atoms with Gasteiger partial charge >= 0.3 is 18.1 Å². The van der Waals surface area contributed by atoms with Gasteiger partial charge in [-0.3, -0.25) is 9.59 Å². The lowest BCUT2D eigenvalue weighted by molar-refractivity contribution is -0.149. The van der Waals surface area contributed by atoms with Crippen LogP contribution in [0.3, 0.4) is 0 Å². The highest BCUT2D eigenvalue weighted by molar-refractivity contribution is 5.83. The normalized spacial score (nSPS) is 19.3. The van der Waals surface area contributed by atoms with Crippen LogP contribution >= 0.6 is 0 Å². The minimum Gasteiger partial charge on any atom is -0.456 e. The second kappa shape index (κ2) is 9.03. The number of rotatable bonds is 5. The van der Waals surface area contributed by atoms with Crippen molar-refractivity contribution in [3.8, 4) is 0 Å². The summed E-state index contributed by atoms with van der Waals surface area (Å²) < 4.78 is 12.2. The van der Waals surface area contributed by atoms with E-state index in [2.05, 4.69) is 4.98 Å². The minimum absolute atomic E-state index is 0.00710. The molecule has 3 aliphatic rings. The first-order chi connectivity index (χ1) is 15.6. The van der Waals surface area contributed by atoms with Gasteiger partial charge in [0.05, 0.1) is 18.4 Å². The maximum Gasteiger partial charge on any atom is 0.410 e. The monoisotopic (exact) mass is 461 g/mol. The van der Waals surface area contributed by atoms with Crippen LogP contribution in [0.4, 0.5) is 9.59 Å². The molecular weight excluding hydrogens is 430 g/mol. The largest absolute Gasteiger partial charge is 0.456 e. The van der Waals surface area contributed by atoms with E-state index in [-0.39, 0.29) is 37.2 Å². The molecule has 2 saturated heterocycles. The average Bonchev–Trinajstić information content (AvgIpc) is 3.43. The molecule has 0 bridgehead atoms. The van der Waals surface area contributed by atoms with Gasteiger partial charge in [0, 0.05) is 32.1 Å². The fraction of sp³-hybridized carbons (Fsp3) is 0.682. The molecule has 11 heteroatoms. The average molecular weight is 462 g/mol. The summed E-state index contributed by atoms with van der Waals surface area (Å²) in [7, 11) is 0. The van der Waals surface area contributed by atoms with Crippen molar-refractivity contribution in [3.63, 3.8) is 0 Å². The molecular formula is C22H31N5O6. The maximum absolute atomic E-state index is 13.1. The van der Waals surface area contributed by atoms with Crippen LogP contribution in [-0.4, -0.2) is 86.1 Å². The molecule has 11 nitrogen and oxygen atoms in total. The molecule has 2 fully saturated rings. The third-order valence-corrected chi connectivity index (χ3v) is 6.09. The summed E-state index contributed by atoms with van der Waals surface area (Å²) in [6.07, 6.45) is 3.84. The molecule has 0 aliphatic carbocycles. The van der Waals surface area contributed by atoms with Crippen molar-refractivity contribution < 1.29 is 28.7 Å². The molecule has 0 N–H and O–H groups in total. The van der Waals surface area contributed by atoms with Crippen LogP contribution in [0.25, 0.3) is 0 Å². The lowest BCUT2D eigenvalue weighted by Crippen LogP contribution is -2.48. The number of esters is 1. The van der Waals surface area contributed by atoms with E-state index >= 15 is 0 Å². The summed E-state index contributed by atoms with van der Waals surface area (Å²) in [5.41, 5.74) is 0.203. The minimum atomic E-state index is -0.542. The molecule has 0 radical (unpaired) electrons. The number of imidazole rings is 1. The van der Waals surface area contributed by atoms with E-state index < -0.39 is 11.6 Å². The number of carbonyl (C=O) groups is 4. The second-order valence-electron chi connectivity index (χ2n) is 9.69. The van der Waals surface area contributed by atoms with E-state index in [1.165, 1.54) is 9.47 Å². The van der Waals surface area contributed by atoms with Crippen molar-refractivity contribution in [3.05, 3.63) is 17.7 Å². The summed E-state index contributed by atoms with van der Waals surface area (Å²) in [5, 5.41) is 0. The van der Waals surface area contributed by atoms with Gasteiger partial charge in [-0.15, -0.1) is 0 Å². The Hall–Kier alpha value is -3.11. The smallest absolute Gasteiger partial charge is 0.410 e. The number of amides is 3. The molecule has 3 amide bonds. The van der Waals surface area contributed by atoms with Crippen LogP contribution in [0.15, 0.2) is 6.20 Å². The third kappa shape index (κ3) is 5.12. The lowest BCUT2D eigenvalue weighted by Gasteiger charge is -2.36. The maximum atomic E-state index is 13.1. The van der Waals surface area contributed by atoms with E-state index in [0.717, 1.165) is 12.1 Å². The van der Waals surface area contributed by atoms with Crippen LogP contribution in [-0.2, 0) is 32.2 Å². The van der Waals surface area contributed by atoms with E-state index in [1.54, 1.807) is 16.0 Å². The van der Waals surface area contributed by atoms with E-state index in [1.807, 2.05) is 20.8 Å². The van der Waals surface area contributed by atoms with Gasteiger partial charge in [0.15, 0.2) is 5.82 Å². The highest BCUT2D eigenvalue weighted by Gasteiger charge is 2.37. The summed E-state index contributed by atoms with van der Waals surface area (Å²) in [6.45, 7) is 7.34. The van der Waals surface area contributed by atoms with E-state index in [0.29, 0.717) is 51.3 Å². The first kappa shape index (κ1) is 23.1. The first-order valence-electron chi connectivity index (χ1n) is 11.4. The molecule has 4 rings (SSSR count). The predicted octanol–water partition coefficient (Wildman–Crippen LogP) is 1.73. The van der Waals surface area contributed by atoms with Gasteiger partial charge < -0.3 is 24.2 Å². The van der Waals surface area contributed by atoms with Gasteiger partial charge in [0.1, 0.15) is 18.8 Å². The second-order valence-corrected chi connectivity index (χ2v) is 9.69. The Labute approximate surface area is 192 Å². The van der Waals surface area contributed by atoms with Gasteiger partial charge in [-0.25, -0.2) is 19.1 Å². The summed E-state index contributed by atoms with van der Waals surface area (Å²) in [6, 6.07) is -0.188. The molecule has 4 heterocycles. The standard InChI is InChI=1S/C22H31N5O6/c1-22(2,3)33-21(31)24-9-6-15(7-10-24)26-12-16-11-23-17(27(16)20(26)30)14-32-19(29)13-25-8-4-5-18(25)28/h11,15H,4-10,12-14H2,1-3H3. The molecule has 1 aromatic rings. The Bertz CT molecular complexity index is 944. The zero-order chi connectivity index (χ0) is 23.8. The van der Waals surface area contributed by atoms with Crippen molar-refractivity contribution in [2.75, 3.05) is 26.2 Å². The van der Waals surface area contributed by atoms with Crippen molar-refractivity contribution in [2.45, 2.75) is 71.2 Å². The first-order valence-corrected chi connectivity index (χ1v) is 11.4. The van der Waals surface area contributed by atoms with Crippen molar-refractivity contribution in [1.29, 1.82) is 0 Å². The summed E-state index contributed by atoms with van der Waals surface area (Å²) in [5.74, 6) is -0.193. The Morgan fingerprint density at radius 1 is 1.15 bits per heavy atom. The Morgan fingerprint density at radius 3 is 2.52 bits per heavy atom. The topological polar surface area (TPSA) is 114 Å². The summed E-state index contributed by atoms with van der Waals surface area (Å²) >= 11 is 0. The van der Waals surface area contributed by atoms with Crippen molar-refractivity contribution in [2.24, 2.45) is 0 Å². The quantitative estimate of drug-likeness (QED) is 0.614. The van der Waals surface area contributed by atoms with Gasteiger partial charge in [-0.05, 0) is 40.0 Å². The Balaban J connectivity index is 1.29. The number of aromatic nitrogens is 2. The fourth-order valence-corrected chi connectivity index (χ4v) is 4.44. The van der Waals surface area contributed by atoms with Crippen LogP contribution < -0.4 is 0 Å². The van der Waals surface area contributed by atoms with Gasteiger partial charge in [0.2, 0.25) is 5.91 Å². The highest BCUT2D eigenvalue weighted by Crippen LogP contribution is 2.27. The number of ether oxygens (including phenoxy) is 2. The molecule has 0 aromatic carbocycles. The highest BCUT2D eigenvalue weighted by atomic mass is 16.6. The predicted molar refractivity (Wildman–Crippen MR) is 115 cm³/mol. The van der Waals surface area contributed by atoms with E-state index in [4.69, 9.17) is 9.47 Å². The molecule has 0 spiro atoms. The van der Waals surface area contributed by atoms with Crippen LogP contribution in [0.2, 0.25) is 0 Å². The lowest BCUT2D eigenvalue weighted by atomic mass is 10.0. The zero-order valence-electron chi connectivity index (χ0n) is 19.4. The molecule has 180 valence electrons. The van der Waals surface area contributed by atoms with E-state index in [9.17, 15) is 19.2 Å². The molecule has 0 unspecified atom stereocenters. The fourth-order valence-electron chi connectivity index (χ4n) is 4.44. The van der Waals surface area contributed by atoms with Crippen molar-refractivity contribution >= 4 is 24.0 Å². The third-order valence-electron chi connectivity index (χ3n) is 6.09. The SMILES string of the molecule is CC(C)(C)OC(=O)N1CCC(N2Cc3cnc(COC(=O)CN4CCCC4=O)n3C2=O)CC1. The summed E-state index contributed by atoms with van der Waals surface area (Å²) in [4.78, 5) is 58.4. The number of hydrogen-bond acceptors (Lipinski definition) is 7. The number of likely N-dealkylation sites (tertiary alicyclic amines) is 2. The van der Waals surface area contributed by atoms with Crippen LogP contribution in [0.5, 0.6) is 0 Å². The number of hydrogen-bond donors (Lipinski definition) is 0. The van der Waals surface area contributed by atoms with Gasteiger partial charge in [-0.1, -0.05) is 0 Å². The molecule has 0 atom stereocenters. The number of carbonyl (C=O) groups excluding carboxylic acids is 4. The molecule has 0 saturated carbocycles. The molecule has 3 aliphatic heterocycles. The molecule has 33 heavy (non-hydrogen) atoms. The Kier molecular flexibility index (Phi) is 6.31. The number of fused-ring (bicyclic) bond motifs is 1. The zero-order valence-corrected chi connectivity index (χ0v) is 19.4. The van der Waals surface area contributed by atoms with Crippen LogP contribution in [0.1, 0.15) is 58.0 Å². The van der Waals surface area contributed by atoms with Gasteiger partial charge in [0.25, 0.3) is 0 Å². The molecule has 1 aromatic heterocycles. The van der Waals surface area contributed by atoms with Crippen LogP contribution in [0, 0.1) is 0 Å². The van der Waals surface area contributed by atoms with Gasteiger partial charge in [-0.2, -0.15) is 0 Å².